The molecule has 0 N–H and O–H groups in total. The van der Waals surface area contributed by atoms with Crippen molar-refractivity contribution in [3.63, 3.8) is 0 Å². The topological polar surface area (TPSA) is 37.4 Å². The van der Waals surface area contributed by atoms with Crippen LogP contribution in [0.25, 0.3) is 5.57 Å². The number of hydrogen-bond donors (Lipinski definition) is 0. The molecule has 1 amide bonds. The van der Waals surface area contributed by atoms with Crippen molar-refractivity contribution in [2.45, 2.75) is 25.8 Å². The zero-order valence-electron chi connectivity index (χ0n) is 15.3. The van der Waals surface area contributed by atoms with Crippen molar-refractivity contribution < 1.29 is 9.59 Å². The van der Waals surface area contributed by atoms with Gasteiger partial charge in [0, 0.05) is 12.1 Å². The highest BCUT2D eigenvalue weighted by Crippen LogP contribution is 2.25. The fourth-order valence-corrected chi connectivity index (χ4v) is 3.72. The summed E-state index contributed by atoms with van der Waals surface area (Å²) in [6.45, 7) is 2.58. The van der Waals surface area contributed by atoms with Crippen molar-refractivity contribution in [1.29, 1.82) is 0 Å². The summed E-state index contributed by atoms with van der Waals surface area (Å²) < 4.78 is 0.960. The molecule has 0 aliphatic carbocycles. The maximum Gasteiger partial charge on any atom is 0.254 e. The Labute approximate surface area is 168 Å². The molecule has 1 aliphatic rings. The van der Waals surface area contributed by atoms with E-state index < -0.39 is 0 Å². The Balaban J connectivity index is 1.77. The average molecular weight is 424 g/mol. The van der Waals surface area contributed by atoms with E-state index in [9.17, 15) is 9.59 Å². The summed E-state index contributed by atoms with van der Waals surface area (Å²) in [5.74, 6) is -0.102. The maximum absolute atomic E-state index is 12.8. The Morgan fingerprint density at radius 3 is 2.15 bits per heavy atom. The Kier molecular flexibility index (Phi) is 6.40. The highest BCUT2D eigenvalue weighted by molar-refractivity contribution is 9.11. The van der Waals surface area contributed by atoms with Crippen LogP contribution in [0, 0.1) is 0 Å². The normalized spacial score (nSPS) is 17.9. The van der Waals surface area contributed by atoms with E-state index >= 15 is 0 Å². The van der Waals surface area contributed by atoms with E-state index in [4.69, 9.17) is 0 Å². The van der Waals surface area contributed by atoms with E-state index in [-0.39, 0.29) is 17.7 Å². The molecule has 0 aromatic heterocycles. The molecule has 138 valence electrons. The molecule has 2 aromatic carbocycles. The standard InChI is InChI=1S/C23H22BrNO2/c1-17(24)20(18-9-4-2-5-10-18)14-15-22(26)21-13-8-16-25(21)23(27)19-11-6-3-7-12-19/h2-7,9-12,14-15,21H,8,13,16H2,1H3/b15-14+,20-17+/t21-/m0/s1. The van der Waals surface area contributed by atoms with Gasteiger partial charge in [0.25, 0.3) is 5.91 Å². The monoisotopic (exact) mass is 423 g/mol. The van der Waals surface area contributed by atoms with E-state index in [1.54, 1.807) is 23.1 Å². The molecule has 1 atom stereocenters. The first-order chi connectivity index (χ1) is 13.1. The molecular formula is C23H22BrNO2. The van der Waals surface area contributed by atoms with Gasteiger partial charge in [-0.2, -0.15) is 0 Å². The molecule has 0 radical (unpaired) electrons. The van der Waals surface area contributed by atoms with Crippen LogP contribution in [0.4, 0.5) is 0 Å². The third-order valence-electron chi connectivity index (χ3n) is 4.73. The SMILES string of the molecule is C/C(Br)=C(/C=C/C(=O)[C@@H]1CCCN1C(=O)c1ccccc1)c1ccccc1. The Morgan fingerprint density at radius 2 is 1.56 bits per heavy atom. The van der Waals surface area contributed by atoms with Crippen molar-refractivity contribution in [2.75, 3.05) is 6.54 Å². The van der Waals surface area contributed by atoms with E-state index in [0.717, 1.165) is 22.0 Å². The zero-order chi connectivity index (χ0) is 19.2. The molecule has 0 bridgehead atoms. The quantitative estimate of drug-likeness (QED) is 0.486. The van der Waals surface area contributed by atoms with Gasteiger partial charge in [0.1, 0.15) is 0 Å². The lowest BCUT2D eigenvalue weighted by Crippen LogP contribution is -2.39. The molecule has 1 fully saturated rings. The summed E-state index contributed by atoms with van der Waals surface area (Å²) in [5.41, 5.74) is 2.63. The van der Waals surface area contributed by atoms with Crippen molar-refractivity contribution in [1.82, 2.24) is 4.90 Å². The second kappa shape index (κ2) is 8.96. The Bertz CT molecular complexity index is 868. The molecule has 1 saturated heterocycles. The molecule has 0 unspecified atom stereocenters. The van der Waals surface area contributed by atoms with E-state index in [1.807, 2.05) is 61.5 Å². The number of nitrogens with zero attached hydrogens (tertiary/aromatic N) is 1. The first-order valence-corrected chi connectivity index (χ1v) is 9.87. The minimum atomic E-state index is -0.387. The van der Waals surface area contributed by atoms with Gasteiger partial charge < -0.3 is 4.90 Å². The van der Waals surface area contributed by atoms with Crippen molar-refractivity contribution in [2.24, 2.45) is 0 Å². The summed E-state index contributed by atoms with van der Waals surface area (Å²) in [5, 5.41) is 0. The van der Waals surface area contributed by atoms with Crippen LogP contribution in [0.1, 0.15) is 35.7 Å². The third-order valence-corrected chi connectivity index (χ3v) is 5.16. The first-order valence-electron chi connectivity index (χ1n) is 9.07. The van der Waals surface area contributed by atoms with Crippen LogP contribution in [0.15, 0.2) is 77.3 Å². The number of ketones is 1. The molecule has 1 aliphatic heterocycles. The molecule has 3 nitrogen and oxygen atoms in total. The largest absolute Gasteiger partial charge is 0.328 e. The second-order valence-electron chi connectivity index (χ2n) is 6.57. The van der Waals surface area contributed by atoms with Gasteiger partial charge in [0.05, 0.1) is 6.04 Å². The Morgan fingerprint density at radius 1 is 0.963 bits per heavy atom. The van der Waals surface area contributed by atoms with E-state index in [1.165, 1.54) is 0 Å². The van der Waals surface area contributed by atoms with Crippen LogP contribution in [0.3, 0.4) is 0 Å². The van der Waals surface area contributed by atoms with Crippen molar-refractivity contribution >= 4 is 33.2 Å². The van der Waals surface area contributed by atoms with Crippen LogP contribution in [0.5, 0.6) is 0 Å². The summed E-state index contributed by atoms with van der Waals surface area (Å²) >= 11 is 3.53. The zero-order valence-corrected chi connectivity index (χ0v) is 16.9. The number of benzene rings is 2. The van der Waals surface area contributed by atoms with Gasteiger partial charge in [-0.25, -0.2) is 0 Å². The molecule has 3 rings (SSSR count). The van der Waals surface area contributed by atoms with Crippen molar-refractivity contribution in [3.8, 4) is 0 Å². The van der Waals surface area contributed by atoms with Crippen LogP contribution in [-0.4, -0.2) is 29.2 Å². The summed E-state index contributed by atoms with van der Waals surface area (Å²) in [6, 6.07) is 18.7. The Hall–Kier alpha value is -2.46. The number of rotatable bonds is 5. The molecule has 0 spiro atoms. The second-order valence-corrected chi connectivity index (χ2v) is 7.76. The van der Waals surface area contributed by atoms with Crippen molar-refractivity contribution in [3.05, 3.63) is 88.4 Å². The van der Waals surface area contributed by atoms with Crippen LogP contribution < -0.4 is 0 Å². The number of allylic oxidation sites excluding steroid dienone is 3. The number of halogens is 1. The van der Waals surface area contributed by atoms with Gasteiger partial charge in [-0.15, -0.1) is 0 Å². The number of carbonyl (C=O) groups excluding carboxylic acids is 2. The van der Waals surface area contributed by atoms with Gasteiger partial charge in [-0.3, -0.25) is 9.59 Å². The number of hydrogen-bond acceptors (Lipinski definition) is 2. The van der Waals surface area contributed by atoms with Gasteiger partial charge in [-0.1, -0.05) is 64.5 Å². The lowest BCUT2D eigenvalue weighted by Gasteiger charge is -2.22. The minimum Gasteiger partial charge on any atom is -0.328 e. The van der Waals surface area contributed by atoms with Crippen LogP contribution >= 0.6 is 15.9 Å². The molecule has 4 heteroatoms. The predicted molar refractivity (Wildman–Crippen MR) is 113 cm³/mol. The predicted octanol–water partition coefficient (Wildman–Crippen LogP) is 5.24. The molecule has 0 saturated carbocycles. The van der Waals surface area contributed by atoms with Gasteiger partial charge in [-0.05, 0) is 59.7 Å². The fraction of sp³-hybridized carbons (Fsp3) is 0.217. The first kappa shape index (κ1) is 19.3. The van der Waals surface area contributed by atoms with E-state index in [0.29, 0.717) is 18.5 Å². The average Bonchev–Trinajstić information content (AvgIpc) is 3.18. The lowest BCUT2D eigenvalue weighted by atomic mass is 10.0. The molecule has 2 aromatic rings. The molecule has 1 heterocycles. The minimum absolute atomic E-state index is 0.0287. The summed E-state index contributed by atoms with van der Waals surface area (Å²) in [7, 11) is 0. The van der Waals surface area contributed by atoms with Crippen LogP contribution in [-0.2, 0) is 4.79 Å². The van der Waals surface area contributed by atoms with E-state index in [2.05, 4.69) is 15.9 Å². The maximum atomic E-state index is 12.8. The summed E-state index contributed by atoms with van der Waals surface area (Å²) in [6.07, 6.45) is 5.00. The van der Waals surface area contributed by atoms with Gasteiger partial charge >= 0.3 is 0 Å². The number of carbonyl (C=O) groups is 2. The highest BCUT2D eigenvalue weighted by Gasteiger charge is 2.33. The smallest absolute Gasteiger partial charge is 0.254 e. The number of likely N-dealkylation sites (tertiary alicyclic amines) is 1. The molecular weight excluding hydrogens is 402 g/mol. The van der Waals surface area contributed by atoms with Gasteiger partial charge in [0.2, 0.25) is 0 Å². The molecule has 27 heavy (non-hydrogen) atoms. The van der Waals surface area contributed by atoms with Gasteiger partial charge in [0.15, 0.2) is 5.78 Å². The third kappa shape index (κ3) is 4.64. The summed E-state index contributed by atoms with van der Waals surface area (Å²) in [4.78, 5) is 27.3. The number of amides is 1. The highest BCUT2D eigenvalue weighted by atomic mass is 79.9. The van der Waals surface area contributed by atoms with Crippen LogP contribution in [0.2, 0.25) is 0 Å². The fourth-order valence-electron chi connectivity index (χ4n) is 3.36. The lowest BCUT2D eigenvalue weighted by molar-refractivity contribution is -0.118.